The van der Waals surface area contributed by atoms with Gasteiger partial charge in [0.1, 0.15) is 5.78 Å². The van der Waals surface area contributed by atoms with Crippen LogP contribution in [0.25, 0.3) is 0 Å². The van der Waals surface area contributed by atoms with E-state index in [4.69, 9.17) is 0 Å². The van der Waals surface area contributed by atoms with Crippen molar-refractivity contribution in [1.82, 2.24) is 0 Å². The zero-order valence-corrected chi connectivity index (χ0v) is 10.7. The van der Waals surface area contributed by atoms with E-state index in [0.717, 1.165) is 11.8 Å². The molecule has 0 bridgehead atoms. The van der Waals surface area contributed by atoms with E-state index in [0.29, 0.717) is 11.7 Å². The number of rotatable bonds is 2. The maximum Gasteiger partial charge on any atom is 0.133 e. The highest BCUT2D eigenvalue weighted by Gasteiger charge is 2.34. The average molecular weight is 222 g/mol. The largest absolute Gasteiger partial charge is 0.300 e. The highest BCUT2D eigenvalue weighted by Crippen LogP contribution is 2.41. The third-order valence-electron chi connectivity index (χ3n) is 4.85. The van der Waals surface area contributed by atoms with Crippen LogP contribution < -0.4 is 0 Å². The van der Waals surface area contributed by atoms with Crippen LogP contribution in [0, 0.1) is 17.8 Å². The molecule has 2 saturated carbocycles. The van der Waals surface area contributed by atoms with Crippen molar-refractivity contribution < 1.29 is 4.79 Å². The highest BCUT2D eigenvalue weighted by atomic mass is 16.1. The number of ketones is 1. The van der Waals surface area contributed by atoms with Crippen molar-refractivity contribution in [2.75, 3.05) is 0 Å². The molecule has 16 heavy (non-hydrogen) atoms. The fourth-order valence-electron chi connectivity index (χ4n) is 3.97. The van der Waals surface area contributed by atoms with Crippen LogP contribution in [-0.4, -0.2) is 5.78 Å². The Morgan fingerprint density at radius 2 is 1.38 bits per heavy atom. The van der Waals surface area contributed by atoms with Gasteiger partial charge in [0.05, 0.1) is 0 Å². The molecule has 2 fully saturated rings. The van der Waals surface area contributed by atoms with Crippen LogP contribution in [0.4, 0.5) is 0 Å². The van der Waals surface area contributed by atoms with Gasteiger partial charge in [-0.1, -0.05) is 51.4 Å². The Morgan fingerprint density at radius 1 is 0.812 bits per heavy atom. The average Bonchev–Trinajstić information content (AvgIpc) is 2.57. The minimum Gasteiger partial charge on any atom is -0.300 e. The molecular weight excluding hydrogens is 196 g/mol. The second-order valence-corrected chi connectivity index (χ2v) is 5.92. The summed E-state index contributed by atoms with van der Waals surface area (Å²) in [5.74, 6) is 2.49. The van der Waals surface area contributed by atoms with Gasteiger partial charge in [-0.15, -0.1) is 0 Å². The molecule has 2 aliphatic carbocycles. The molecule has 1 nitrogen and oxygen atoms in total. The molecule has 0 aliphatic heterocycles. The second kappa shape index (κ2) is 5.84. The van der Waals surface area contributed by atoms with E-state index in [-0.39, 0.29) is 0 Å². The first-order valence-electron chi connectivity index (χ1n) is 7.29. The lowest BCUT2D eigenvalue weighted by Crippen LogP contribution is -2.31. The lowest BCUT2D eigenvalue weighted by atomic mass is 9.69. The maximum atomic E-state index is 11.7. The number of Topliss-reactive ketones (excluding diaryl/α,β-unsaturated/α-hetero) is 1. The van der Waals surface area contributed by atoms with Crippen molar-refractivity contribution in [2.24, 2.45) is 17.8 Å². The van der Waals surface area contributed by atoms with Gasteiger partial charge in [-0.25, -0.2) is 0 Å². The second-order valence-electron chi connectivity index (χ2n) is 5.92. The number of carbonyl (C=O) groups excluding carboxylic acids is 1. The van der Waals surface area contributed by atoms with Crippen molar-refractivity contribution in [2.45, 2.75) is 71.1 Å². The van der Waals surface area contributed by atoms with Gasteiger partial charge in [-0.3, -0.25) is 4.79 Å². The van der Waals surface area contributed by atoms with E-state index in [1.165, 1.54) is 64.2 Å². The fourth-order valence-corrected chi connectivity index (χ4v) is 3.97. The minimum absolute atomic E-state index is 0.414. The molecule has 0 radical (unpaired) electrons. The summed E-state index contributed by atoms with van der Waals surface area (Å²) in [6.45, 7) is 1.82. The molecular formula is C15H26O. The van der Waals surface area contributed by atoms with Crippen LogP contribution in [0.1, 0.15) is 71.1 Å². The third-order valence-corrected chi connectivity index (χ3v) is 4.85. The summed E-state index contributed by atoms with van der Waals surface area (Å²) < 4.78 is 0. The molecule has 0 spiro atoms. The molecule has 2 aliphatic rings. The lowest BCUT2D eigenvalue weighted by molar-refractivity contribution is -0.124. The van der Waals surface area contributed by atoms with Crippen LogP contribution in [0.5, 0.6) is 0 Å². The Balaban J connectivity index is 2.00. The first kappa shape index (κ1) is 12.1. The van der Waals surface area contributed by atoms with Crippen molar-refractivity contribution in [3.8, 4) is 0 Å². The van der Waals surface area contributed by atoms with Crippen LogP contribution in [0.2, 0.25) is 0 Å². The van der Waals surface area contributed by atoms with Gasteiger partial charge < -0.3 is 0 Å². The summed E-state index contributed by atoms with van der Waals surface area (Å²) in [7, 11) is 0. The van der Waals surface area contributed by atoms with Gasteiger partial charge in [0.15, 0.2) is 0 Å². The van der Waals surface area contributed by atoms with Crippen molar-refractivity contribution in [1.29, 1.82) is 0 Å². The molecule has 0 N–H and O–H groups in total. The number of carbonyl (C=O) groups is 1. The maximum absolute atomic E-state index is 11.7. The van der Waals surface area contributed by atoms with Gasteiger partial charge in [0.2, 0.25) is 0 Å². The van der Waals surface area contributed by atoms with Crippen LogP contribution in [0.15, 0.2) is 0 Å². The highest BCUT2D eigenvalue weighted by molar-refractivity contribution is 5.78. The molecule has 2 rings (SSSR count). The summed E-state index contributed by atoms with van der Waals surface area (Å²) >= 11 is 0. The topological polar surface area (TPSA) is 17.1 Å². The van der Waals surface area contributed by atoms with Gasteiger partial charge >= 0.3 is 0 Å². The van der Waals surface area contributed by atoms with Crippen LogP contribution in [-0.2, 0) is 4.79 Å². The molecule has 1 heteroatoms. The van der Waals surface area contributed by atoms with Gasteiger partial charge in [-0.05, 0) is 31.6 Å². The molecule has 0 aromatic heterocycles. The quantitative estimate of drug-likeness (QED) is 0.635. The molecule has 0 aromatic rings. The summed E-state index contributed by atoms with van der Waals surface area (Å²) in [4.78, 5) is 11.7. The molecule has 2 unspecified atom stereocenters. The van der Waals surface area contributed by atoms with E-state index in [1.807, 2.05) is 6.92 Å². The smallest absolute Gasteiger partial charge is 0.133 e. The first-order valence-corrected chi connectivity index (χ1v) is 7.29. The van der Waals surface area contributed by atoms with E-state index in [9.17, 15) is 4.79 Å². The Bertz CT molecular complexity index is 226. The standard InChI is InChI=1S/C15H26O/c1-12(16)14-10-6-7-11-15(14)13-8-4-2-3-5-9-13/h13-15H,2-11H2,1H3. The summed E-state index contributed by atoms with van der Waals surface area (Å²) in [6, 6.07) is 0. The lowest BCUT2D eigenvalue weighted by Gasteiger charge is -2.35. The number of hydrogen-bond acceptors (Lipinski definition) is 1. The van der Waals surface area contributed by atoms with Gasteiger partial charge in [0.25, 0.3) is 0 Å². The summed E-state index contributed by atoms with van der Waals surface area (Å²) in [5, 5.41) is 0. The fraction of sp³-hybridized carbons (Fsp3) is 0.933. The Labute approximate surface area is 100.0 Å². The Morgan fingerprint density at radius 3 is 2.00 bits per heavy atom. The molecule has 2 atom stereocenters. The SMILES string of the molecule is CC(=O)C1CCCCC1C1CCCCCC1. The van der Waals surface area contributed by atoms with E-state index in [1.54, 1.807) is 0 Å². The van der Waals surface area contributed by atoms with E-state index >= 15 is 0 Å². The Hall–Kier alpha value is -0.330. The van der Waals surface area contributed by atoms with Gasteiger partial charge in [0, 0.05) is 5.92 Å². The number of hydrogen-bond donors (Lipinski definition) is 0. The first-order chi connectivity index (χ1) is 7.79. The molecule has 0 heterocycles. The minimum atomic E-state index is 0.414. The molecule has 0 aromatic carbocycles. The van der Waals surface area contributed by atoms with Crippen LogP contribution in [0.3, 0.4) is 0 Å². The third kappa shape index (κ3) is 2.87. The van der Waals surface area contributed by atoms with Crippen molar-refractivity contribution in [3.63, 3.8) is 0 Å². The van der Waals surface area contributed by atoms with E-state index in [2.05, 4.69) is 0 Å². The normalized spacial score (nSPS) is 33.3. The molecule has 0 amide bonds. The zero-order valence-electron chi connectivity index (χ0n) is 10.7. The predicted octanol–water partition coefficient (Wildman–Crippen LogP) is 4.35. The Kier molecular flexibility index (Phi) is 4.43. The summed E-state index contributed by atoms with van der Waals surface area (Å²) in [5.41, 5.74) is 0. The zero-order chi connectivity index (χ0) is 11.4. The summed E-state index contributed by atoms with van der Waals surface area (Å²) in [6.07, 6.45) is 13.6. The van der Waals surface area contributed by atoms with Gasteiger partial charge in [-0.2, -0.15) is 0 Å². The van der Waals surface area contributed by atoms with E-state index < -0.39 is 0 Å². The molecule has 0 saturated heterocycles. The predicted molar refractivity (Wildman–Crippen MR) is 67.3 cm³/mol. The monoisotopic (exact) mass is 222 g/mol. The van der Waals surface area contributed by atoms with Crippen molar-refractivity contribution >= 4 is 5.78 Å². The molecule has 92 valence electrons. The van der Waals surface area contributed by atoms with Crippen LogP contribution >= 0.6 is 0 Å². The van der Waals surface area contributed by atoms with Crippen molar-refractivity contribution in [3.05, 3.63) is 0 Å².